The second-order valence-corrected chi connectivity index (χ2v) is 10.7. The zero-order valence-electron chi connectivity index (χ0n) is 15.6. The van der Waals surface area contributed by atoms with E-state index in [0.29, 0.717) is 12.8 Å². The quantitative estimate of drug-likeness (QED) is 0.771. The van der Waals surface area contributed by atoms with Gasteiger partial charge in [0.2, 0.25) is 0 Å². The molecule has 0 spiro atoms. The minimum absolute atomic E-state index is 0.0317. The van der Waals surface area contributed by atoms with Crippen LogP contribution in [0.5, 0.6) is 0 Å². The summed E-state index contributed by atoms with van der Waals surface area (Å²) in [4.78, 5) is 25.6. The molecule has 0 aromatic rings. The molecule has 0 radical (unpaired) electrons. The highest BCUT2D eigenvalue weighted by atomic mass is 16.3. The molecule has 0 bridgehead atoms. The van der Waals surface area contributed by atoms with Gasteiger partial charge in [-0.1, -0.05) is 41.5 Å². The molecular weight excluding hydrogens is 304 g/mol. The Morgan fingerprint density at radius 3 is 1.25 bits per heavy atom. The van der Waals surface area contributed by atoms with Gasteiger partial charge in [-0.05, 0) is 22.7 Å². The van der Waals surface area contributed by atoms with Crippen molar-refractivity contribution in [1.29, 1.82) is 0 Å². The van der Waals surface area contributed by atoms with Crippen molar-refractivity contribution in [3.8, 4) is 0 Å². The number of rotatable bonds is 1. The maximum absolute atomic E-state index is 12.8. The molecular formula is C20H30O4. The standard InChI is InChI=1S/C20H30O4/c1-17(2)7-9(21)19(5)11(13(19)15(17)23)12-14-16(24)18(3,4)8-10(22)20(12,14)6/h11-16,23-24H,7-8H2,1-6H3. The number of carbonyl (C=O) groups is 2. The fourth-order valence-electron chi connectivity index (χ4n) is 6.54. The van der Waals surface area contributed by atoms with Gasteiger partial charge in [-0.3, -0.25) is 9.59 Å². The maximum atomic E-state index is 12.8. The predicted molar refractivity (Wildman–Crippen MR) is 89.0 cm³/mol. The van der Waals surface area contributed by atoms with Crippen molar-refractivity contribution in [2.24, 2.45) is 45.3 Å². The van der Waals surface area contributed by atoms with Crippen LogP contribution in [0.25, 0.3) is 0 Å². The van der Waals surface area contributed by atoms with Crippen LogP contribution in [0.3, 0.4) is 0 Å². The zero-order valence-corrected chi connectivity index (χ0v) is 15.6. The van der Waals surface area contributed by atoms with Gasteiger partial charge in [0.25, 0.3) is 0 Å². The van der Waals surface area contributed by atoms with Crippen LogP contribution in [0, 0.1) is 45.3 Å². The van der Waals surface area contributed by atoms with E-state index in [0.717, 1.165) is 0 Å². The molecule has 4 fully saturated rings. The molecule has 4 aliphatic carbocycles. The summed E-state index contributed by atoms with van der Waals surface area (Å²) in [6.07, 6.45) is -0.241. The molecule has 24 heavy (non-hydrogen) atoms. The number of aliphatic hydroxyl groups excluding tert-OH is 2. The molecule has 4 heteroatoms. The molecule has 2 N–H and O–H groups in total. The fraction of sp³-hybridized carbons (Fsp3) is 0.900. The monoisotopic (exact) mass is 334 g/mol. The van der Waals surface area contributed by atoms with Gasteiger partial charge in [0.05, 0.1) is 12.2 Å². The summed E-state index contributed by atoms with van der Waals surface area (Å²) in [6.45, 7) is 11.8. The van der Waals surface area contributed by atoms with E-state index < -0.39 is 33.9 Å². The maximum Gasteiger partial charge on any atom is 0.140 e. The van der Waals surface area contributed by atoms with Crippen LogP contribution < -0.4 is 0 Å². The molecule has 0 aliphatic heterocycles. The third-order valence-corrected chi connectivity index (χ3v) is 8.43. The summed E-state index contributed by atoms with van der Waals surface area (Å²) in [5.41, 5.74) is -1.83. The molecule has 4 rings (SSSR count). The van der Waals surface area contributed by atoms with Crippen molar-refractivity contribution in [2.45, 2.75) is 66.6 Å². The lowest BCUT2D eigenvalue weighted by Crippen LogP contribution is -2.41. The van der Waals surface area contributed by atoms with Gasteiger partial charge in [0.15, 0.2) is 0 Å². The Morgan fingerprint density at radius 1 is 0.667 bits per heavy atom. The molecule has 0 aromatic heterocycles. The predicted octanol–water partition coefficient (Wildman–Crippen LogP) is 2.21. The van der Waals surface area contributed by atoms with Crippen LogP contribution >= 0.6 is 0 Å². The summed E-state index contributed by atoms with van der Waals surface area (Å²) < 4.78 is 0. The molecule has 8 atom stereocenters. The zero-order chi connectivity index (χ0) is 18.0. The lowest BCUT2D eigenvalue weighted by atomic mass is 9.71. The number of hydrogen-bond acceptors (Lipinski definition) is 4. The number of ketones is 2. The van der Waals surface area contributed by atoms with Gasteiger partial charge >= 0.3 is 0 Å². The molecule has 4 aliphatic rings. The molecule has 0 amide bonds. The fourth-order valence-corrected chi connectivity index (χ4v) is 6.54. The SMILES string of the molecule is CC1(C)CC(=O)C2(C)C(C1O)C2C1C2C(O)C(C)(C)CC(=O)C21C. The molecule has 0 saturated heterocycles. The average Bonchev–Trinajstić information content (AvgIpc) is 3.26. The summed E-state index contributed by atoms with van der Waals surface area (Å²) in [5, 5.41) is 21.7. The highest BCUT2D eigenvalue weighted by Crippen LogP contribution is 2.81. The molecule has 4 saturated carbocycles. The van der Waals surface area contributed by atoms with Crippen molar-refractivity contribution >= 4 is 11.6 Å². The minimum atomic E-state index is -0.517. The van der Waals surface area contributed by atoms with Crippen LogP contribution in [-0.4, -0.2) is 34.0 Å². The largest absolute Gasteiger partial charge is 0.392 e. The first-order valence-corrected chi connectivity index (χ1v) is 9.24. The van der Waals surface area contributed by atoms with Crippen molar-refractivity contribution < 1.29 is 19.8 Å². The van der Waals surface area contributed by atoms with E-state index in [2.05, 4.69) is 0 Å². The van der Waals surface area contributed by atoms with Crippen molar-refractivity contribution in [3.05, 3.63) is 0 Å². The van der Waals surface area contributed by atoms with Crippen LogP contribution in [-0.2, 0) is 9.59 Å². The van der Waals surface area contributed by atoms with Gasteiger partial charge in [-0.15, -0.1) is 0 Å². The Morgan fingerprint density at radius 2 is 0.958 bits per heavy atom. The van der Waals surface area contributed by atoms with Crippen LogP contribution in [0.15, 0.2) is 0 Å². The number of fused-ring (bicyclic) bond motifs is 2. The van der Waals surface area contributed by atoms with E-state index in [1.54, 1.807) is 0 Å². The normalized spacial score (nSPS) is 57.2. The van der Waals surface area contributed by atoms with E-state index in [1.165, 1.54) is 0 Å². The van der Waals surface area contributed by atoms with Gasteiger partial charge in [0, 0.05) is 35.5 Å². The van der Waals surface area contributed by atoms with Crippen molar-refractivity contribution in [2.75, 3.05) is 0 Å². The van der Waals surface area contributed by atoms with Gasteiger partial charge in [-0.2, -0.15) is 0 Å². The van der Waals surface area contributed by atoms with Gasteiger partial charge in [-0.25, -0.2) is 0 Å². The van der Waals surface area contributed by atoms with E-state index in [-0.39, 0.29) is 35.2 Å². The van der Waals surface area contributed by atoms with E-state index in [9.17, 15) is 19.8 Å². The van der Waals surface area contributed by atoms with E-state index in [4.69, 9.17) is 0 Å². The Bertz CT molecular complexity index is 594. The number of hydrogen-bond donors (Lipinski definition) is 2. The second-order valence-electron chi connectivity index (χ2n) is 10.7. The number of Topliss-reactive ketones (excluding diaryl/α,β-unsaturated/α-hetero) is 2. The summed E-state index contributed by atoms with van der Waals surface area (Å²) in [5.74, 6) is 0.379. The Kier molecular flexibility index (Phi) is 2.89. The average molecular weight is 334 g/mol. The van der Waals surface area contributed by atoms with Gasteiger partial charge < -0.3 is 10.2 Å². The first-order valence-electron chi connectivity index (χ1n) is 9.24. The minimum Gasteiger partial charge on any atom is -0.392 e. The highest BCUT2D eigenvalue weighted by molar-refractivity contribution is 5.93. The highest BCUT2D eigenvalue weighted by Gasteiger charge is 2.85. The summed E-state index contributed by atoms with van der Waals surface area (Å²) >= 11 is 0. The van der Waals surface area contributed by atoms with E-state index >= 15 is 0 Å². The van der Waals surface area contributed by atoms with Crippen LogP contribution in [0.1, 0.15) is 54.4 Å². The summed E-state index contributed by atoms with van der Waals surface area (Å²) in [7, 11) is 0. The number of carbonyl (C=O) groups excluding carboxylic acids is 2. The van der Waals surface area contributed by atoms with Crippen LogP contribution in [0.2, 0.25) is 0 Å². The number of aliphatic hydroxyl groups is 2. The molecule has 4 nitrogen and oxygen atoms in total. The first-order chi connectivity index (χ1) is 10.8. The topological polar surface area (TPSA) is 74.6 Å². The van der Waals surface area contributed by atoms with Crippen LogP contribution in [0.4, 0.5) is 0 Å². The van der Waals surface area contributed by atoms with Gasteiger partial charge in [0.1, 0.15) is 11.6 Å². The Balaban J connectivity index is 1.70. The van der Waals surface area contributed by atoms with Crippen molar-refractivity contribution in [1.82, 2.24) is 0 Å². The Labute approximate surface area is 144 Å². The Hall–Kier alpha value is -0.740. The molecule has 134 valence electrons. The van der Waals surface area contributed by atoms with Crippen molar-refractivity contribution in [3.63, 3.8) is 0 Å². The lowest BCUT2D eigenvalue weighted by Gasteiger charge is -2.36. The first kappa shape index (κ1) is 16.7. The molecule has 0 heterocycles. The smallest absolute Gasteiger partial charge is 0.140 e. The molecule has 0 aromatic carbocycles. The third-order valence-electron chi connectivity index (χ3n) is 8.43. The lowest BCUT2D eigenvalue weighted by molar-refractivity contribution is -0.135. The second kappa shape index (κ2) is 4.15. The summed E-state index contributed by atoms with van der Waals surface area (Å²) in [6, 6.07) is 0. The van der Waals surface area contributed by atoms with E-state index in [1.807, 2.05) is 41.5 Å². The third kappa shape index (κ3) is 1.63. The molecule has 8 unspecified atom stereocenters.